The molecule has 0 spiro atoms. The summed E-state index contributed by atoms with van der Waals surface area (Å²) < 4.78 is 0. The van der Waals surface area contributed by atoms with Gasteiger partial charge in [0.25, 0.3) is 0 Å². The number of hydrogen-bond donors (Lipinski definition) is 1. The van der Waals surface area contributed by atoms with Crippen molar-refractivity contribution in [2.75, 3.05) is 0 Å². The summed E-state index contributed by atoms with van der Waals surface area (Å²) in [6, 6.07) is 8.28. The molecular formula is C18H24N2O. The molecule has 1 N–H and O–H groups in total. The molecule has 1 aromatic heterocycles. The first-order chi connectivity index (χ1) is 10.3. The van der Waals surface area contributed by atoms with Gasteiger partial charge in [0.2, 0.25) is 0 Å². The van der Waals surface area contributed by atoms with E-state index in [0.29, 0.717) is 5.82 Å². The number of hydrogen-bond acceptors (Lipinski definition) is 3. The van der Waals surface area contributed by atoms with Gasteiger partial charge in [-0.25, -0.2) is 9.97 Å². The quantitative estimate of drug-likeness (QED) is 0.711. The van der Waals surface area contributed by atoms with Crippen molar-refractivity contribution in [1.29, 1.82) is 0 Å². The van der Waals surface area contributed by atoms with Gasteiger partial charge < -0.3 is 5.11 Å². The van der Waals surface area contributed by atoms with Crippen LogP contribution in [0.1, 0.15) is 51.0 Å². The zero-order chi connectivity index (χ0) is 14.9. The number of rotatable bonds is 8. The van der Waals surface area contributed by atoms with Crippen LogP contribution in [0.25, 0.3) is 11.4 Å². The molecule has 1 heterocycles. The molecule has 0 saturated heterocycles. The fraction of sp³-hybridized carbons (Fsp3) is 0.444. The number of aromatic nitrogens is 2. The van der Waals surface area contributed by atoms with E-state index in [2.05, 4.69) is 35.1 Å². The Hall–Kier alpha value is -1.90. The van der Waals surface area contributed by atoms with Crippen LogP contribution in [0.2, 0.25) is 0 Å². The molecule has 1 aromatic carbocycles. The molecule has 0 saturated carbocycles. The minimum absolute atomic E-state index is 0.104. The summed E-state index contributed by atoms with van der Waals surface area (Å²) >= 11 is 0. The monoisotopic (exact) mass is 284 g/mol. The van der Waals surface area contributed by atoms with Crippen molar-refractivity contribution in [3.05, 3.63) is 42.2 Å². The molecule has 0 radical (unpaired) electrons. The molecule has 3 nitrogen and oxygen atoms in total. The molecule has 0 atom stereocenters. The molecule has 112 valence electrons. The number of aryl methyl sites for hydroxylation is 1. The van der Waals surface area contributed by atoms with Gasteiger partial charge in [0.05, 0.1) is 12.4 Å². The summed E-state index contributed by atoms with van der Waals surface area (Å²) in [5.41, 5.74) is 2.37. The second-order valence-electron chi connectivity index (χ2n) is 5.44. The van der Waals surface area contributed by atoms with Gasteiger partial charge in [0.15, 0.2) is 11.6 Å². The predicted molar refractivity (Wildman–Crippen MR) is 86.2 cm³/mol. The maximum Gasteiger partial charge on any atom is 0.159 e. The predicted octanol–water partition coefficient (Wildman–Crippen LogP) is 4.75. The summed E-state index contributed by atoms with van der Waals surface area (Å²) in [7, 11) is 0. The van der Waals surface area contributed by atoms with Crippen LogP contribution in [0.15, 0.2) is 36.7 Å². The molecule has 21 heavy (non-hydrogen) atoms. The molecule has 0 bridgehead atoms. The lowest BCUT2D eigenvalue weighted by atomic mass is 10.00. The topological polar surface area (TPSA) is 46.0 Å². The van der Waals surface area contributed by atoms with Gasteiger partial charge in [-0.15, -0.1) is 0 Å². The Kier molecular flexibility index (Phi) is 6.20. The van der Waals surface area contributed by atoms with Gasteiger partial charge in [-0.3, -0.25) is 0 Å². The van der Waals surface area contributed by atoms with Crippen molar-refractivity contribution in [2.24, 2.45) is 0 Å². The molecule has 2 rings (SSSR count). The SMILES string of the molecule is CCCCCCCCc1ccccc1-c1ncc(O)cn1. The summed E-state index contributed by atoms with van der Waals surface area (Å²) in [5, 5.41) is 9.29. The van der Waals surface area contributed by atoms with Crippen molar-refractivity contribution in [3.63, 3.8) is 0 Å². The van der Waals surface area contributed by atoms with E-state index in [1.54, 1.807) is 0 Å². The Morgan fingerprint density at radius 1 is 0.905 bits per heavy atom. The van der Waals surface area contributed by atoms with Crippen LogP contribution in [0.4, 0.5) is 0 Å². The number of unbranched alkanes of at least 4 members (excludes halogenated alkanes) is 5. The fourth-order valence-electron chi connectivity index (χ4n) is 2.51. The van der Waals surface area contributed by atoms with Gasteiger partial charge in [0, 0.05) is 5.56 Å². The molecule has 0 fully saturated rings. The zero-order valence-electron chi connectivity index (χ0n) is 12.8. The van der Waals surface area contributed by atoms with Crippen molar-refractivity contribution in [3.8, 4) is 17.1 Å². The average Bonchev–Trinajstić information content (AvgIpc) is 2.52. The summed E-state index contributed by atoms with van der Waals surface area (Å²) in [6.07, 6.45) is 11.8. The molecule has 3 heteroatoms. The first-order valence-corrected chi connectivity index (χ1v) is 7.90. The zero-order valence-corrected chi connectivity index (χ0v) is 12.8. The van der Waals surface area contributed by atoms with Crippen LogP contribution in [-0.4, -0.2) is 15.1 Å². The van der Waals surface area contributed by atoms with Crippen LogP contribution >= 0.6 is 0 Å². The normalized spacial score (nSPS) is 10.7. The van der Waals surface area contributed by atoms with Gasteiger partial charge in [0.1, 0.15) is 0 Å². The lowest BCUT2D eigenvalue weighted by Gasteiger charge is -2.08. The number of nitrogens with zero attached hydrogens (tertiary/aromatic N) is 2. The standard InChI is InChI=1S/C18H24N2O/c1-2-3-4-5-6-7-10-15-11-8-9-12-17(15)18-19-13-16(21)14-20-18/h8-9,11-14,21H,2-7,10H2,1H3. The minimum Gasteiger partial charge on any atom is -0.505 e. The smallest absolute Gasteiger partial charge is 0.159 e. The third kappa shape index (κ3) is 4.85. The van der Waals surface area contributed by atoms with Crippen molar-refractivity contribution < 1.29 is 5.11 Å². The van der Waals surface area contributed by atoms with Crippen LogP contribution < -0.4 is 0 Å². The van der Waals surface area contributed by atoms with E-state index in [-0.39, 0.29) is 5.75 Å². The average molecular weight is 284 g/mol. The van der Waals surface area contributed by atoms with Crippen molar-refractivity contribution >= 4 is 0 Å². The van der Waals surface area contributed by atoms with Gasteiger partial charge in [-0.2, -0.15) is 0 Å². The molecule has 0 aliphatic carbocycles. The van der Waals surface area contributed by atoms with Crippen molar-refractivity contribution in [1.82, 2.24) is 9.97 Å². The highest BCUT2D eigenvalue weighted by molar-refractivity contribution is 5.60. The number of benzene rings is 1. The first-order valence-electron chi connectivity index (χ1n) is 7.90. The van der Waals surface area contributed by atoms with E-state index in [9.17, 15) is 5.11 Å². The fourth-order valence-corrected chi connectivity index (χ4v) is 2.51. The van der Waals surface area contributed by atoms with Crippen LogP contribution in [-0.2, 0) is 6.42 Å². The van der Waals surface area contributed by atoms with E-state index in [1.807, 2.05) is 6.07 Å². The highest BCUT2D eigenvalue weighted by Gasteiger charge is 2.07. The second kappa shape index (κ2) is 8.40. The van der Waals surface area contributed by atoms with Gasteiger partial charge in [-0.05, 0) is 18.4 Å². The molecule has 0 unspecified atom stereocenters. The third-order valence-corrected chi connectivity index (χ3v) is 3.70. The van der Waals surface area contributed by atoms with Gasteiger partial charge >= 0.3 is 0 Å². The van der Waals surface area contributed by atoms with E-state index in [1.165, 1.54) is 56.5 Å². The highest BCUT2D eigenvalue weighted by atomic mass is 16.3. The minimum atomic E-state index is 0.104. The van der Waals surface area contributed by atoms with E-state index < -0.39 is 0 Å². The maximum absolute atomic E-state index is 9.29. The molecule has 0 amide bonds. The summed E-state index contributed by atoms with van der Waals surface area (Å²) in [5.74, 6) is 0.793. The second-order valence-corrected chi connectivity index (χ2v) is 5.44. The summed E-state index contributed by atoms with van der Waals surface area (Å²) in [4.78, 5) is 8.43. The highest BCUT2D eigenvalue weighted by Crippen LogP contribution is 2.22. The lowest BCUT2D eigenvalue weighted by Crippen LogP contribution is -1.94. The number of aromatic hydroxyl groups is 1. The first kappa shape index (κ1) is 15.5. The van der Waals surface area contributed by atoms with E-state index >= 15 is 0 Å². The Bertz CT molecular complexity index is 537. The molecule has 0 aliphatic heterocycles. The van der Waals surface area contributed by atoms with Crippen LogP contribution in [0.3, 0.4) is 0 Å². The Labute approximate surface area is 127 Å². The van der Waals surface area contributed by atoms with Crippen LogP contribution in [0.5, 0.6) is 5.75 Å². The third-order valence-electron chi connectivity index (χ3n) is 3.70. The largest absolute Gasteiger partial charge is 0.505 e. The molecule has 2 aromatic rings. The summed E-state index contributed by atoms with van der Waals surface area (Å²) in [6.45, 7) is 2.24. The van der Waals surface area contributed by atoms with Gasteiger partial charge in [-0.1, -0.05) is 63.3 Å². The molecule has 0 aliphatic rings. The van der Waals surface area contributed by atoms with Crippen LogP contribution in [0, 0.1) is 0 Å². The maximum atomic E-state index is 9.29. The van der Waals surface area contributed by atoms with Crippen molar-refractivity contribution in [2.45, 2.75) is 51.9 Å². The Morgan fingerprint density at radius 2 is 1.57 bits per heavy atom. The van der Waals surface area contributed by atoms with E-state index in [4.69, 9.17) is 0 Å². The Balaban J connectivity index is 1.95. The van der Waals surface area contributed by atoms with E-state index in [0.717, 1.165) is 12.0 Å². The Morgan fingerprint density at radius 3 is 2.33 bits per heavy atom. The lowest BCUT2D eigenvalue weighted by molar-refractivity contribution is 0.470. The molecular weight excluding hydrogens is 260 g/mol.